The molecule has 1 unspecified atom stereocenters. The molecule has 0 aliphatic carbocycles. The number of aryl methyl sites for hydroxylation is 2. The van der Waals surface area contributed by atoms with Gasteiger partial charge in [0.2, 0.25) is 5.91 Å². The van der Waals surface area contributed by atoms with Crippen molar-refractivity contribution in [2.24, 2.45) is 0 Å². The number of rotatable bonds is 6. The predicted octanol–water partition coefficient (Wildman–Crippen LogP) is 2.35. The third-order valence-corrected chi connectivity index (χ3v) is 3.28. The van der Waals surface area contributed by atoms with Crippen molar-refractivity contribution in [3.63, 3.8) is 0 Å². The van der Waals surface area contributed by atoms with E-state index in [0.29, 0.717) is 5.69 Å². The molecule has 4 nitrogen and oxygen atoms in total. The molecule has 0 aliphatic rings. The summed E-state index contributed by atoms with van der Waals surface area (Å²) in [7, 11) is 1.35. The minimum absolute atomic E-state index is 0.232. The Morgan fingerprint density at radius 3 is 2.59 bits per heavy atom. The maximum atomic E-state index is 12.3. The number of para-hydroxylation sites is 1. The van der Waals surface area contributed by atoms with Gasteiger partial charge in [-0.05, 0) is 31.5 Å². The van der Waals surface area contributed by atoms with Crippen LogP contribution in [0.25, 0.3) is 0 Å². The average Bonchev–Trinajstić information content (AvgIpc) is 2.39. The smallest absolute Gasteiger partial charge is 0.382 e. The van der Waals surface area contributed by atoms with Crippen LogP contribution in [0.1, 0.15) is 18.1 Å². The van der Waals surface area contributed by atoms with Crippen molar-refractivity contribution in [1.82, 2.24) is 4.90 Å². The van der Waals surface area contributed by atoms with E-state index in [9.17, 15) is 18.0 Å². The molecule has 7 heteroatoms. The number of aliphatic hydroxyl groups is 1. The Balaban J connectivity index is 2.64. The van der Waals surface area contributed by atoms with Gasteiger partial charge in [-0.15, -0.1) is 0 Å². The van der Waals surface area contributed by atoms with E-state index in [1.165, 1.54) is 7.05 Å². The summed E-state index contributed by atoms with van der Waals surface area (Å²) in [6.45, 7) is 2.93. The van der Waals surface area contributed by atoms with Gasteiger partial charge in [0, 0.05) is 12.2 Å². The Bertz CT molecular complexity index is 518. The number of hydrogen-bond acceptors (Lipinski definition) is 3. The molecule has 0 fully saturated rings. The molecule has 0 aromatic heterocycles. The molecule has 1 aromatic carbocycles. The van der Waals surface area contributed by atoms with E-state index >= 15 is 0 Å². The molecule has 1 aromatic rings. The summed E-state index contributed by atoms with van der Waals surface area (Å²) in [6, 6.07) is 5.63. The number of nitrogens with one attached hydrogen (secondary N) is 1. The number of aliphatic hydroxyl groups excluding tert-OH is 1. The number of carbonyl (C=O) groups excluding carboxylic acids is 1. The second-order valence-electron chi connectivity index (χ2n) is 5.26. The van der Waals surface area contributed by atoms with E-state index in [2.05, 4.69) is 5.32 Å². The lowest BCUT2D eigenvalue weighted by atomic mass is 10.1. The monoisotopic (exact) mass is 318 g/mol. The third kappa shape index (κ3) is 5.31. The molecule has 0 spiro atoms. The summed E-state index contributed by atoms with van der Waals surface area (Å²) >= 11 is 0. The SMILES string of the molecule is CCc1cccc(C)c1NC(=O)CN(C)CC(O)C(F)(F)F. The zero-order valence-electron chi connectivity index (χ0n) is 12.9. The van der Waals surface area contributed by atoms with Gasteiger partial charge in [0.15, 0.2) is 6.10 Å². The molecule has 22 heavy (non-hydrogen) atoms. The first-order chi connectivity index (χ1) is 10.1. The second kappa shape index (κ2) is 7.60. The fraction of sp³-hybridized carbons (Fsp3) is 0.533. The first kappa shape index (κ1) is 18.4. The fourth-order valence-corrected chi connectivity index (χ4v) is 2.09. The minimum Gasteiger partial charge on any atom is -0.382 e. The van der Waals surface area contributed by atoms with Crippen LogP contribution in [0, 0.1) is 6.92 Å². The topological polar surface area (TPSA) is 52.6 Å². The first-order valence-electron chi connectivity index (χ1n) is 6.96. The number of nitrogens with zero attached hydrogens (tertiary/aromatic N) is 1. The van der Waals surface area contributed by atoms with Gasteiger partial charge in [0.05, 0.1) is 6.54 Å². The molecule has 1 amide bonds. The highest BCUT2D eigenvalue weighted by molar-refractivity contribution is 5.93. The van der Waals surface area contributed by atoms with Gasteiger partial charge in [0.25, 0.3) is 0 Å². The summed E-state index contributed by atoms with van der Waals surface area (Å²) in [5.41, 5.74) is 2.55. The van der Waals surface area contributed by atoms with E-state index in [-0.39, 0.29) is 6.54 Å². The molecule has 1 rings (SSSR count). The van der Waals surface area contributed by atoms with Gasteiger partial charge in [-0.3, -0.25) is 9.69 Å². The van der Waals surface area contributed by atoms with E-state index in [4.69, 9.17) is 5.11 Å². The number of benzene rings is 1. The molecule has 0 aliphatic heterocycles. The Kier molecular flexibility index (Phi) is 6.37. The standard InChI is InChI=1S/C15H21F3N2O2/c1-4-11-7-5-6-10(2)14(11)19-13(22)9-20(3)8-12(21)15(16,17)18/h5-7,12,21H,4,8-9H2,1-3H3,(H,19,22). The molecule has 0 radical (unpaired) electrons. The number of hydrogen-bond donors (Lipinski definition) is 2. The van der Waals surface area contributed by atoms with E-state index in [1.54, 1.807) is 0 Å². The normalized spacial score (nSPS) is 13.3. The lowest BCUT2D eigenvalue weighted by molar-refractivity contribution is -0.207. The van der Waals surface area contributed by atoms with Crippen molar-refractivity contribution in [1.29, 1.82) is 0 Å². The van der Waals surface area contributed by atoms with Gasteiger partial charge >= 0.3 is 6.18 Å². The minimum atomic E-state index is -4.68. The van der Waals surface area contributed by atoms with Crippen LogP contribution in [0.2, 0.25) is 0 Å². The molecule has 0 saturated heterocycles. The Labute approximate surface area is 127 Å². The molecule has 0 heterocycles. The maximum absolute atomic E-state index is 12.3. The Morgan fingerprint density at radius 2 is 2.05 bits per heavy atom. The van der Waals surface area contributed by atoms with Gasteiger partial charge < -0.3 is 10.4 Å². The van der Waals surface area contributed by atoms with Crippen LogP contribution in [0.5, 0.6) is 0 Å². The summed E-state index contributed by atoms with van der Waals surface area (Å²) in [6.07, 6.45) is -6.41. The number of alkyl halides is 3. The van der Waals surface area contributed by atoms with Gasteiger partial charge in [0.1, 0.15) is 0 Å². The van der Waals surface area contributed by atoms with Crippen LogP contribution < -0.4 is 5.32 Å². The predicted molar refractivity (Wildman–Crippen MR) is 78.7 cm³/mol. The van der Waals surface area contributed by atoms with E-state index in [0.717, 1.165) is 22.4 Å². The van der Waals surface area contributed by atoms with Gasteiger partial charge in [-0.25, -0.2) is 0 Å². The highest BCUT2D eigenvalue weighted by atomic mass is 19.4. The number of amides is 1. The summed E-state index contributed by atoms with van der Waals surface area (Å²) in [5, 5.41) is 11.7. The van der Waals surface area contributed by atoms with Crippen molar-refractivity contribution in [2.75, 3.05) is 25.5 Å². The van der Waals surface area contributed by atoms with Gasteiger partial charge in [-0.2, -0.15) is 13.2 Å². The van der Waals surface area contributed by atoms with Crippen molar-refractivity contribution >= 4 is 11.6 Å². The fourth-order valence-electron chi connectivity index (χ4n) is 2.09. The first-order valence-corrected chi connectivity index (χ1v) is 6.96. The third-order valence-electron chi connectivity index (χ3n) is 3.28. The highest BCUT2D eigenvalue weighted by Crippen LogP contribution is 2.22. The van der Waals surface area contributed by atoms with E-state index < -0.39 is 24.7 Å². The van der Waals surface area contributed by atoms with Gasteiger partial charge in [-0.1, -0.05) is 25.1 Å². The van der Waals surface area contributed by atoms with Crippen molar-refractivity contribution in [3.8, 4) is 0 Å². The lowest BCUT2D eigenvalue weighted by Crippen LogP contribution is -2.42. The quantitative estimate of drug-likeness (QED) is 0.846. The number of carbonyl (C=O) groups is 1. The molecule has 0 saturated carbocycles. The summed E-state index contributed by atoms with van der Waals surface area (Å²) in [4.78, 5) is 13.1. The molecule has 124 valence electrons. The summed E-state index contributed by atoms with van der Waals surface area (Å²) in [5.74, 6) is -0.416. The van der Waals surface area contributed by atoms with Crippen LogP contribution >= 0.6 is 0 Å². The van der Waals surface area contributed by atoms with Crippen LogP contribution in [0.4, 0.5) is 18.9 Å². The highest BCUT2D eigenvalue weighted by Gasteiger charge is 2.38. The Hall–Kier alpha value is -1.60. The maximum Gasteiger partial charge on any atom is 0.415 e. The number of likely N-dealkylation sites (N-methyl/N-ethyl adjacent to an activating group) is 1. The van der Waals surface area contributed by atoms with Crippen molar-refractivity contribution in [3.05, 3.63) is 29.3 Å². The largest absolute Gasteiger partial charge is 0.415 e. The zero-order valence-corrected chi connectivity index (χ0v) is 12.9. The number of anilines is 1. The van der Waals surface area contributed by atoms with Crippen molar-refractivity contribution in [2.45, 2.75) is 32.5 Å². The van der Waals surface area contributed by atoms with Crippen LogP contribution in [0.15, 0.2) is 18.2 Å². The molecule has 0 bridgehead atoms. The average molecular weight is 318 g/mol. The summed E-state index contributed by atoms with van der Waals surface area (Å²) < 4.78 is 36.8. The van der Waals surface area contributed by atoms with Crippen LogP contribution in [0.3, 0.4) is 0 Å². The molecular weight excluding hydrogens is 297 g/mol. The van der Waals surface area contributed by atoms with Crippen LogP contribution in [-0.4, -0.2) is 48.3 Å². The lowest BCUT2D eigenvalue weighted by Gasteiger charge is -2.22. The number of halogens is 3. The van der Waals surface area contributed by atoms with Crippen molar-refractivity contribution < 1.29 is 23.1 Å². The molecular formula is C15H21F3N2O2. The zero-order chi connectivity index (χ0) is 16.9. The molecule has 2 N–H and O–H groups in total. The van der Waals surface area contributed by atoms with E-state index in [1.807, 2.05) is 32.0 Å². The van der Waals surface area contributed by atoms with Crippen LogP contribution in [-0.2, 0) is 11.2 Å². The molecule has 1 atom stereocenters. The second-order valence-corrected chi connectivity index (χ2v) is 5.26. The Morgan fingerprint density at radius 1 is 1.41 bits per heavy atom.